The zero-order valence-corrected chi connectivity index (χ0v) is 10.4. The summed E-state index contributed by atoms with van der Waals surface area (Å²) in [4.78, 5) is 4.43. The monoisotopic (exact) mass is 228 g/mol. The molecular weight excluding hydrogens is 212 g/mol. The molecule has 2 aromatic rings. The van der Waals surface area contributed by atoms with E-state index in [4.69, 9.17) is 0 Å². The lowest BCUT2D eigenvalue weighted by atomic mass is 9.95. The number of hydrogen-bond donors (Lipinski definition) is 0. The molecule has 3 heterocycles. The second-order valence-electron chi connectivity index (χ2n) is 5.51. The Labute approximate surface area is 101 Å². The lowest BCUT2D eigenvalue weighted by Crippen LogP contribution is -2.22. The largest absolute Gasteiger partial charge is 0.309 e. The van der Waals surface area contributed by atoms with Gasteiger partial charge in [0.1, 0.15) is 11.5 Å². The molecule has 4 heteroatoms. The normalized spacial score (nSPS) is 14.3. The number of fused-ring (bicyclic) bond motifs is 3. The van der Waals surface area contributed by atoms with Crippen molar-refractivity contribution in [3.63, 3.8) is 0 Å². The molecule has 0 aliphatic carbocycles. The Kier molecular flexibility index (Phi) is 2.08. The van der Waals surface area contributed by atoms with Gasteiger partial charge in [0.05, 0.1) is 0 Å². The van der Waals surface area contributed by atoms with Crippen molar-refractivity contribution in [2.24, 2.45) is 0 Å². The summed E-state index contributed by atoms with van der Waals surface area (Å²) in [6.07, 6.45) is 2.83. The first kappa shape index (κ1) is 10.4. The summed E-state index contributed by atoms with van der Waals surface area (Å²) in [5.41, 5.74) is 2.28. The number of hydrogen-bond acceptors (Lipinski definition) is 3. The fraction of sp³-hybridized carbons (Fsp3) is 0.462. The molecule has 2 aromatic heterocycles. The van der Waals surface area contributed by atoms with E-state index in [-0.39, 0.29) is 5.41 Å². The van der Waals surface area contributed by atoms with E-state index in [9.17, 15) is 0 Å². The van der Waals surface area contributed by atoms with Gasteiger partial charge in [0, 0.05) is 18.2 Å². The van der Waals surface area contributed by atoms with Crippen molar-refractivity contribution in [2.75, 3.05) is 0 Å². The van der Waals surface area contributed by atoms with Crippen molar-refractivity contribution >= 4 is 0 Å². The minimum atomic E-state index is 0.0253. The van der Waals surface area contributed by atoms with Crippen LogP contribution in [0.5, 0.6) is 0 Å². The third kappa shape index (κ3) is 1.55. The van der Waals surface area contributed by atoms with Crippen LogP contribution in [0.15, 0.2) is 18.3 Å². The molecule has 3 rings (SSSR count). The van der Waals surface area contributed by atoms with Crippen LogP contribution in [0.4, 0.5) is 0 Å². The molecule has 0 radical (unpaired) electrons. The Hall–Kier alpha value is -1.71. The SMILES string of the molecule is CC(C)(C)c1nnc2n1CCc1cccnc1-2. The van der Waals surface area contributed by atoms with E-state index in [0.717, 1.165) is 30.3 Å². The van der Waals surface area contributed by atoms with Gasteiger partial charge in [-0.3, -0.25) is 4.98 Å². The second kappa shape index (κ2) is 3.39. The summed E-state index contributed by atoms with van der Waals surface area (Å²) in [5, 5.41) is 8.66. The van der Waals surface area contributed by atoms with Crippen molar-refractivity contribution in [3.05, 3.63) is 29.7 Å². The number of nitrogens with zero attached hydrogens (tertiary/aromatic N) is 4. The molecule has 0 amide bonds. The van der Waals surface area contributed by atoms with Crippen LogP contribution in [0.25, 0.3) is 11.5 Å². The van der Waals surface area contributed by atoms with Crippen molar-refractivity contribution < 1.29 is 0 Å². The Morgan fingerprint density at radius 2 is 2.06 bits per heavy atom. The molecule has 0 saturated carbocycles. The van der Waals surface area contributed by atoms with Crippen molar-refractivity contribution in [1.29, 1.82) is 0 Å². The lowest BCUT2D eigenvalue weighted by Gasteiger charge is -2.22. The van der Waals surface area contributed by atoms with Gasteiger partial charge in [-0.1, -0.05) is 26.8 Å². The number of aromatic nitrogens is 4. The summed E-state index contributed by atoms with van der Waals surface area (Å²) in [6.45, 7) is 7.45. The maximum absolute atomic E-state index is 4.43. The third-order valence-electron chi connectivity index (χ3n) is 3.13. The first-order valence-electron chi connectivity index (χ1n) is 5.95. The molecule has 0 spiro atoms. The van der Waals surface area contributed by atoms with Crippen LogP contribution in [0.2, 0.25) is 0 Å². The topological polar surface area (TPSA) is 43.6 Å². The number of pyridine rings is 1. The van der Waals surface area contributed by atoms with Crippen LogP contribution in [0.3, 0.4) is 0 Å². The predicted octanol–water partition coefficient (Wildman–Crippen LogP) is 2.19. The fourth-order valence-electron chi connectivity index (χ4n) is 2.32. The summed E-state index contributed by atoms with van der Waals surface area (Å²) in [7, 11) is 0. The van der Waals surface area contributed by atoms with Crippen LogP contribution in [0, 0.1) is 0 Å². The van der Waals surface area contributed by atoms with Gasteiger partial charge in [0.2, 0.25) is 0 Å². The van der Waals surface area contributed by atoms with E-state index >= 15 is 0 Å². The van der Waals surface area contributed by atoms with E-state index in [2.05, 4.69) is 46.6 Å². The van der Waals surface area contributed by atoms with Gasteiger partial charge >= 0.3 is 0 Å². The van der Waals surface area contributed by atoms with Gasteiger partial charge < -0.3 is 4.57 Å². The number of aryl methyl sites for hydroxylation is 1. The highest BCUT2D eigenvalue weighted by Gasteiger charge is 2.27. The summed E-state index contributed by atoms with van der Waals surface area (Å²) in [5.74, 6) is 1.96. The highest BCUT2D eigenvalue weighted by atomic mass is 15.3. The van der Waals surface area contributed by atoms with Crippen molar-refractivity contribution in [3.8, 4) is 11.5 Å². The number of rotatable bonds is 0. The van der Waals surface area contributed by atoms with Crippen LogP contribution in [-0.2, 0) is 18.4 Å². The van der Waals surface area contributed by atoms with Crippen molar-refractivity contribution in [2.45, 2.75) is 39.2 Å². The average molecular weight is 228 g/mol. The maximum Gasteiger partial charge on any atom is 0.182 e. The molecule has 4 nitrogen and oxygen atoms in total. The van der Waals surface area contributed by atoms with Gasteiger partial charge in [-0.15, -0.1) is 10.2 Å². The Bertz CT molecular complexity index is 563. The minimum Gasteiger partial charge on any atom is -0.309 e. The maximum atomic E-state index is 4.43. The predicted molar refractivity (Wildman–Crippen MR) is 65.7 cm³/mol. The molecule has 88 valence electrons. The van der Waals surface area contributed by atoms with Gasteiger partial charge in [0.25, 0.3) is 0 Å². The van der Waals surface area contributed by atoms with Gasteiger partial charge in [-0.05, 0) is 18.1 Å². The zero-order chi connectivity index (χ0) is 12.0. The summed E-state index contributed by atoms with van der Waals surface area (Å²) < 4.78 is 2.20. The van der Waals surface area contributed by atoms with Gasteiger partial charge in [0.15, 0.2) is 5.82 Å². The lowest BCUT2D eigenvalue weighted by molar-refractivity contribution is 0.495. The van der Waals surface area contributed by atoms with Crippen LogP contribution in [0.1, 0.15) is 32.2 Å². The van der Waals surface area contributed by atoms with Crippen LogP contribution >= 0.6 is 0 Å². The van der Waals surface area contributed by atoms with Gasteiger partial charge in [-0.25, -0.2) is 0 Å². The Morgan fingerprint density at radius 3 is 2.82 bits per heavy atom. The minimum absolute atomic E-state index is 0.0253. The van der Waals surface area contributed by atoms with E-state index < -0.39 is 0 Å². The molecule has 0 aromatic carbocycles. The van der Waals surface area contributed by atoms with Crippen molar-refractivity contribution in [1.82, 2.24) is 19.7 Å². The van der Waals surface area contributed by atoms with Gasteiger partial charge in [-0.2, -0.15) is 0 Å². The standard InChI is InChI=1S/C13H16N4/c1-13(2,3)12-16-15-11-10-9(5-4-7-14-10)6-8-17(11)12/h4-5,7H,6,8H2,1-3H3. The van der Waals surface area contributed by atoms with E-state index in [0.29, 0.717) is 0 Å². The summed E-state index contributed by atoms with van der Waals surface area (Å²) in [6, 6.07) is 4.10. The molecule has 1 aliphatic heterocycles. The summed E-state index contributed by atoms with van der Waals surface area (Å²) >= 11 is 0. The molecule has 0 fully saturated rings. The first-order valence-corrected chi connectivity index (χ1v) is 5.95. The van der Waals surface area contributed by atoms with Crippen LogP contribution < -0.4 is 0 Å². The molecule has 1 aliphatic rings. The van der Waals surface area contributed by atoms with Crippen LogP contribution in [-0.4, -0.2) is 19.7 Å². The first-order chi connectivity index (χ1) is 8.07. The zero-order valence-electron chi connectivity index (χ0n) is 10.4. The fourth-order valence-corrected chi connectivity index (χ4v) is 2.32. The molecule has 0 atom stereocenters. The van der Waals surface area contributed by atoms with E-state index in [1.807, 2.05) is 12.3 Å². The Balaban J connectivity index is 2.20. The smallest absolute Gasteiger partial charge is 0.182 e. The second-order valence-corrected chi connectivity index (χ2v) is 5.51. The molecule has 0 unspecified atom stereocenters. The highest BCUT2D eigenvalue weighted by molar-refractivity contribution is 5.57. The third-order valence-corrected chi connectivity index (χ3v) is 3.13. The molecular formula is C13H16N4. The van der Waals surface area contributed by atoms with E-state index in [1.54, 1.807) is 0 Å². The molecule has 0 bridgehead atoms. The highest BCUT2D eigenvalue weighted by Crippen LogP contribution is 2.30. The van der Waals surface area contributed by atoms with E-state index in [1.165, 1.54) is 5.56 Å². The quantitative estimate of drug-likeness (QED) is 0.694. The molecule has 17 heavy (non-hydrogen) atoms. The molecule has 0 saturated heterocycles. The average Bonchev–Trinajstić information content (AvgIpc) is 2.72. The molecule has 0 N–H and O–H groups in total. The Morgan fingerprint density at radius 1 is 1.24 bits per heavy atom.